The van der Waals surface area contributed by atoms with Gasteiger partial charge in [-0.15, -0.1) is 0 Å². The largest absolute Gasteiger partial charge is 0.386 e. The Bertz CT molecular complexity index is 460. The average Bonchev–Trinajstić information content (AvgIpc) is 2.74. The van der Waals surface area contributed by atoms with E-state index >= 15 is 0 Å². The Kier molecular flexibility index (Phi) is 4.03. The molecule has 1 aromatic rings. The van der Waals surface area contributed by atoms with Crippen LogP contribution in [0.25, 0.3) is 0 Å². The summed E-state index contributed by atoms with van der Waals surface area (Å²) in [5.41, 5.74) is 0.00196. The highest BCUT2D eigenvalue weighted by Crippen LogP contribution is 2.25. The lowest BCUT2D eigenvalue weighted by Gasteiger charge is -2.21. The molecule has 0 saturated carbocycles. The van der Waals surface area contributed by atoms with Crippen LogP contribution in [0, 0.1) is 13.7 Å². The number of ether oxygens (including phenoxy) is 1. The van der Waals surface area contributed by atoms with Gasteiger partial charge in [-0.2, -0.15) is 0 Å². The van der Waals surface area contributed by atoms with Gasteiger partial charge in [-0.25, -0.2) is 0 Å². The second-order valence-corrected chi connectivity index (χ2v) is 5.47. The molecule has 98 valence electrons. The van der Waals surface area contributed by atoms with Crippen LogP contribution in [0.3, 0.4) is 0 Å². The quantitative estimate of drug-likeness (QED) is 0.483. The van der Waals surface area contributed by atoms with Crippen LogP contribution in [0.5, 0.6) is 0 Å². The van der Waals surface area contributed by atoms with Gasteiger partial charge < -0.3 is 15.2 Å². The van der Waals surface area contributed by atoms with E-state index in [4.69, 9.17) is 4.74 Å². The molecule has 1 heterocycles. The van der Waals surface area contributed by atoms with Gasteiger partial charge in [0.2, 0.25) is 0 Å². The number of hydrogen-bond donors (Lipinski definition) is 2. The fourth-order valence-electron chi connectivity index (χ4n) is 1.77. The van der Waals surface area contributed by atoms with Gasteiger partial charge in [0.1, 0.15) is 5.60 Å². The lowest BCUT2D eigenvalue weighted by atomic mass is 10.0. The zero-order valence-electron chi connectivity index (χ0n) is 9.56. The van der Waals surface area contributed by atoms with Crippen molar-refractivity contribution in [3.8, 4) is 0 Å². The summed E-state index contributed by atoms with van der Waals surface area (Å²) in [5, 5.41) is 23.8. The molecule has 0 aliphatic carbocycles. The molecule has 18 heavy (non-hydrogen) atoms. The second kappa shape index (κ2) is 5.37. The minimum absolute atomic E-state index is 0.0871. The first-order valence-corrected chi connectivity index (χ1v) is 6.56. The first-order chi connectivity index (χ1) is 8.50. The number of aliphatic hydroxyl groups is 1. The zero-order chi connectivity index (χ0) is 13.2. The summed E-state index contributed by atoms with van der Waals surface area (Å²) in [6.07, 6.45) is 0.601. The van der Waals surface area contributed by atoms with Gasteiger partial charge in [0.15, 0.2) is 0 Å². The summed E-state index contributed by atoms with van der Waals surface area (Å²) in [6.45, 7) is 1.26. The van der Waals surface area contributed by atoms with Gasteiger partial charge in [-0.3, -0.25) is 10.1 Å². The monoisotopic (exact) mass is 364 g/mol. The molecule has 1 aliphatic rings. The Labute approximate surface area is 118 Å². The van der Waals surface area contributed by atoms with Crippen molar-refractivity contribution >= 4 is 34.0 Å². The molecular formula is C11H13IN2O4. The van der Waals surface area contributed by atoms with E-state index in [1.165, 1.54) is 6.07 Å². The summed E-state index contributed by atoms with van der Waals surface area (Å²) in [7, 11) is 0. The van der Waals surface area contributed by atoms with Gasteiger partial charge in [0.25, 0.3) is 5.69 Å². The van der Waals surface area contributed by atoms with Crippen LogP contribution in [0.2, 0.25) is 0 Å². The maximum absolute atomic E-state index is 10.7. The van der Waals surface area contributed by atoms with E-state index in [-0.39, 0.29) is 5.69 Å². The van der Waals surface area contributed by atoms with Gasteiger partial charge >= 0.3 is 0 Å². The normalized spacial score (nSPS) is 23.0. The van der Waals surface area contributed by atoms with Crippen molar-refractivity contribution < 1.29 is 14.8 Å². The number of nitro benzene ring substituents is 1. The predicted octanol–water partition coefficient (Wildman–Crippen LogP) is 1.76. The number of rotatable bonds is 4. The topological polar surface area (TPSA) is 84.6 Å². The fourth-order valence-corrected chi connectivity index (χ4v) is 2.48. The summed E-state index contributed by atoms with van der Waals surface area (Å²) in [6, 6.07) is 4.79. The fraction of sp³-hybridized carbons (Fsp3) is 0.455. The molecule has 1 fully saturated rings. The van der Waals surface area contributed by atoms with Crippen molar-refractivity contribution in [2.45, 2.75) is 12.0 Å². The third kappa shape index (κ3) is 3.09. The maximum Gasteiger partial charge on any atom is 0.282 e. The van der Waals surface area contributed by atoms with Gasteiger partial charge in [0, 0.05) is 31.3 Å². The van der Waals surface area contributed by atoms with Crippen LogP contribution in [-0.2, 0) is 4.74 Å². The van der Waals surface area contributed by atoms with Crippen molar-refractivity contribution in [1.29, 1.82) is 0 Å². The van der Waals surface area contributed by atoms with E-state index in [1.807, 2.05) is 22.6 Å². The highest BCUT2D eigenvalue weighted by atomic mass is 127. The number of nitro groups is 1. The Morgan fingerprint density at radius 2 is 2.39 bits per heavy atom. The SMILES string of the molecule is O=[N+]([O-])c1ccc(NCC2(O)CCOC2)cc1I. The van der Waals surface area contributed by atoms with E-state index < -0.39 is 10.5 Å². The molecule has 6 nitrogen and oxygen atoms in total. The predicted molar refractivity (Wildman–Crippen MR) is 74.7 cm³/mol. The Hall–Kier alpha value is -0.930. The molecule has 2 rings (SSSR count). The van der Waals surface area contributed by atoms with Crippen molar-refractivity contribution in [2.75, 3.05) is 25.1 Å². The smallest absolute Gasteiger partial charge is 0.282 e. The molecule has 1 aromatic carbocycles. The third-order valence-electron chi connectivity index (χ3n) is 2.85. The van der Waals surface area contributed by atoms with Crippen LogP contribution in [0.4, 0.5) is 11.4 Å². The molecular weight excluding hydrogens is 351 g/mol. The standard InChI is InChI=1S/C11H13IN2O4/c12-9-5-8(1-2-10(9)14(16)17)13-6-11(15)3-4-18-7-11/h1-2,5,13,15H,3-4,6-7H2. The third-order valence-corrected chi connectivity index (χ3v) is 3.71. The molecule has 2 N–H and O–H groups in total. The lowest BCUT2D eigenvalue weighted by molar-refractivity contribution is -0.385. The van der Waals surface area contributed by atoms with E-state index in [9.17, 15) is 15.2 Å². The van der Waals surface area contributed by atoms with Gasteiger partial charge in [0.05, 0.1) is 15.1 Å². The number of nitrogens with zero attached hydrogens (tertiary/aromatic N) is 1. The molecule has 0 bridgehead atoms. The first-order valence-electron chi connectivity index (χ1n) is 5.48. The summed E-state index contributed by atoms with van der Waals surface area (Å²) in [4.78, 5) is 10.3. The van der Waals surface area contributed by atoms with Crippen LogP contribution >= 0.6 is 22.6 Å². The molecule has 1 aliphatic heterocycles. The van der Waals surface area contributed by atoms with Crippen LogP contribution < -0.4 is 5.32 Å². The van der Waals surface area contributed by atoms with Crippen molar-refractivity contribution in [3.05, 3.63) is 31.9 Å². The minimum atomic E-state index is -0.840. The number of nitrogens with one attached hydrogen (secondary N) is 1. The van der Waals surface area contributed by atoms with Crippen molar-refractivity contribution in [2.24, 2.45) is 0 Å². The van der Waals surface area contributed by atoms with Crippen LogP contribution in [-0.4, -0.2) is 35.4 Å². The number of hydrogen-bond acceptors (Lipinski definition) is 5. The molecule has 0 radical (unpaired) electrons. The van der Waals surface area contributed by atoms with Crippen molar-refractivity contribution in [1.82, 2.24) is 0 Å². The van der Waals surface area contributed by atoms with E-state index in [2.05, 4.69) is 5.32 Å². The summed E-state index contributed by atoms with van der Waals surface area (Å²) in [5.74, 6) is 0. The van der Waals surface area contributed by atoms with Crippen molar-refractivity contribution in [3.63, 3.8) is 0 Å². The van der Waals surface area contributed by atoms with Crippen LogP contribution in [0.15, 0.2) is 18.2 Å². The molecule has 7 heteroatoms. The summed E-state index contributed by atoms with van der Waals surface area (Å²) < 4.78 is 5.71. The minimum Gasteiger partial charge on any atom is -0.386 e. The number of anilines is 1. The highest BCUT2D eigenvalue weighted by molar-refractivity contribution is 14.1. The van der Waals surface area contributed by atoms with E-state index in [1.54, 1.807) is 12.1 Å². The lowest BCUT2D eigenvalue weighted by Crippen LogP contribution is -2.37. The Morgan fingerprint density at radius 1 is 1.61 bits per heavy atom. The van der Waals surface area contributed by atoms with E-state index in [0.29, 0.717) is 29.7 Å². The molecule has 0 amide bonds. The average molecular weight is 364 g/mol. The summed E-state index contributed by atoms with van der Waals surface area (Å²) >= 11 is 1.92. The molecule has 1 atom stereocenters. The molecule has 0 spiro atoms. The van der Waals surface area contributed by atoms with Gasteiger partial charge in [-0.1, -0.05) is 0 Å². The number of halogens is 1. The zero-order valence-corrected chi connectivity index (χ0v) is 11.7. The Balaban J connectivity index is 2.02. The van der Waals surface area contributed by atoms with Gasteiger partial charge in [-0.05, 0) is 34.7 Å². The highest BCUT2D eigenvalue weighted by Gasteiger charge is 2.31. The molecule has 1 unspecified atom stereocenters. The Morgan fingerprint density at radius 3 is 2.94 bits per heavy atom. The maximum atomic E-state index is 10.7. The second-order valence-electron chi connectivity index (χ2n) is 4.30. The first kappa shape index (κ1) is 13.5. The number of benzene rings is 1. The van der Waals surface area contributed by atoms with Crippen LogP contribution in [0.1, 0.15) is 6.42 Å². The molecule has 0 aromatic heterocycles. The van der Waals surface area contributed by atoms with E-state index in [0.717, 1.165) is 5.69 Å². The molecule has 1 saturated heterocycles.